The van der Waals surface area contributed by atoms with Gasteiger partial charge >= 0.3 is 0 Å². The Labute approximate surface area is 269 Å². The molecule has 1 atom stereocenters. The highest BCUT2D eigenvalue weighted by Crippen LogP contribution is 2.50. The summed E-state index contributed by atoms with van der Waals surface area (Å²) in [5.41, 5.74) is 15.8. The molecule has 2 aliphatic rings. The molecule has 1 aliphatic heterocycles. The van der Waals surface area contributed by atoms with Crippen LogP contribution in [0, 0.1) is 0 Å². The van der Waals surface area contributed by atoms with Crippen LogP contribution in [0.25, 0.3) is 55.6 Å². The maximum absolute atomic E-state index is 13.9. The molecule has 1 nitrogen and oxygen atoms in total. The number of hydrogen-bond donors (Lipinski definition) is 0. The van der Waals surface area contributed by atoms with E-state index in [1.54, 1.807) is 0 Å². The van der Waals surface area contributed by atoms with Gasteiger partial charge in [-0.25, -0.2) is 4.21 Å². The van der Waals surface area contributed by atoms with Crippen molar-refractivity contribution in [2.75, 3.05) is 0 Å². The Morgan fingerprint density at radius 1 is 0.489 bits per heavy atom. The summed E-state index contributed by atoms with van der Waals surface area (Å²) in [6, 6.07) is 46.1. The predicted molar refractivity (Wildman–Crippen MR) is 189 cm³/mol. The first-order valence-electron chi connectivity index (χ1n) is 15.8. The first-order valence-corrected chi connectivity index (χ1v) is 16.9. The van der Waals surface area contributed by atoms with Gasteiger partial charge in [-0.3, -0.25) is 0 Å². The molecule has 1 heterocycles. The van der Waals surface area contributed by atoms with Crippen molar-refractivity contribution >= 4 is 10.8 Å². The monoisotopic (exact) mass is 600 g/mol. The molecule has 45 heavy (non-hydrogen) atoms. The highest BCUT2D eigenvalue weighted by Gasteiger charge is 2.35. The van der Waals surface area contributed by atoms with E-state index < -0.39 is 10.8 Å². The first kappa shape index (κ1) is 28.0. The molecule has 0 amide bonds. The molecule has 8 rings (SSSR count). The fourth-order valence-corrected chi connectivity index (χ4v) is 8.83. The molecule has 6 aromatic carbocycles. The number of rotatable bonds is 3. The summed E-state index contributed by atoms with van der Waals surface area (Å²) in [5.74, 6) is 0. The van der Waals surface area contributed by atoms with Crippen LogP contribution in [0.4, 0.5) is 0 Å². The van der Waals surface area contributed by atoms with Gasteiger partial charge in [-0.1, -0.05) is 132 Å². The third-order valence-electron chi connectivity index (χ3n) is 9.82. The summed E-state index contributed by atoms with van der Waals surface area (Å²) < 4.78 is 13.9. The SMILES string of the molecule is CC(C)(C)c1ccc2c(c1)-c1cccc(-c3cccc(-c4cccc(-c5ccc6c(c5)C(C)(C)c5ccccc5-6)c4)c3)c1S2=O. The Balaban J connectivity index is 1.17. The summed E-state index contributed by atoms with van der Waals surface area (Å²) in [7, 11) is -1.22. The standard InChI is InChI=1S/C43H36OS/c1-42(2,3)32-20-22-40-37(26-32)36-17-10-16-33(41(36)45(40)44)31-14-9-13-29(24-31)27-11-8-12-28(23-27)30-19-21-35-34-15-6-7-18-38(34)43(4,5)39(35)25-30/h6-26H,1-5H3. The van der Waals surface area contributed by atoms with Gasteiger partial charge in [0.05, 0.1) is 20.6 Å². The van der Waals surface area contributed by atoms with Gasteiger partial charge in [0.15, 0.2) is 0 Å². The molecule has 1 aliphatic carbocycles. The van der Waals surface area contributed by atoms with E-state index in [0.29, 0.717) is 0 Å². The van der Waals surface area contributed by atoms with Gasteiger partial charge in [-0.05, 0) is 103 Å². The number of fused-ring (bicyclic) bond motifs is 6. The van der Waals surface area contributed by atoms with Gasteiger partial charge in [0.25, 0.3) is 0 Å². The van der Waals surface area contributed by atoms with Crippen molar-refractivity contribution in [3.63, 3.8) is 0 Å². The third kappa shape index (κ3) is 4.38. The summed E-state index contributed by atoms with van der Waals surface area (Å²) in [4.78, 5) is 1.83. The Bertz CT molecular complexity index is 2190. The van der Waals surface area contributed by atoms with Crippen molar-refractivity contribution < 1.29 is 4.21 Å². The van der Waals surface area contributed by atoms with Crippen LogP contribution in [0.1, 0.15) is 51.3 Å². The molecule has 220 valence electrons. The molecule has 0 fully saturated rings. The highest BCUT2D eigenvalue weighted by atomic mass is 32.2. The molecule has 0 saturated carbocycles. The van der Waals surface area contributed by atoms with E-state index in [1.807, 2.05) is 0 Å². The van der Waals surface area contributed by atoms with E-state index in [2.05, 4.69) is 162 Å². The van der Waals surface area contributed by atoms with E-state index >= 15 is 0 Å². The highest BCUT2D eigenvalue weighted by molar-refractivity contribution is 7.86. The quantitative estimate of drug-likeness (QED) is 0.197. The summed E-state index contributed by atoms with van der Waals surface area (Å²) in [6.07, 6.45) is 0. The van der Waals surface area contributed by atoms with E-state index in [0.717, 1.165) is 37.6 Å². The molecule has 6 aromatic rings. The molecule has 0 aromatic heterocycles. The van der Waals surface area contributed by atoms with Crippen molar-refractivity contribution in [3.05, 3.63) is 144 Å². The molecule has 0 bridgehead atoms. The number of hydrogen-bond acceptors (Lipinski definition) is 1. The van der Waals surface area contributed by atoms with Crippen molar-refractivity contribution in [2.45, 2.75) is 55.2 Å². The Morgan fingerprint density at radius 2 is 1.07 bits per heavy atom. The van der Waals surface area contributed by atoms with E-state index in [9.17, 15) is 4.21 Å². The van der Waals surface area contributed by atoms with Gasteiger partial charge in [0.2, 0.25) is 0 Å². The zero-order valence-corrected chi connectivity index (χ0v) is 27.3. The van der Waals surface area contributed by atoms with E-state index in [1.165, 1.54) is 44.5 Å². The summed E-state index contributed by atoms with van der Waals surface area (Å²) >= 11 is 0. The zero-order valence-electron chi connectivity index (χ0n) is 26.4. The lowest BCUT2D eigenvalue weighted by atomic mass is 9.81. The normalized spacial score (nSPS) is 15.7. The minimum atomic E-state index is -1.22. The Hall–Kier alpha value is -4.53. The maximum Gasteiger partial charge on any atom is 0.0868 e. The average molecular weight is 601 g/mol. The van der Waals surface area contributed by atoms with Gasteiger partial charge in [-0.2, -0.15) is 0 Å². The van der Waals surface area contributed by atoms with Crippen LogP contribution in [-0.2, 0) is 21.6 Å². The smallest absolute Gasteiger partial charge is 0.0868 e. The van der Waals surface area contributed by atoms with Gasteiger partial charge in [0.1, 0.15) is 0 Å². The fourth-order valence-electron chi connectivity index (χ4n) is 7.28. The first-order chi connectivity index (χ1) is 21.6. The Morgan fingerprint density at radius 3 is 1.80 bits per heavy atom. The second-order valence-corrected chi connectivity index (χ2v) is 15.4. The summed E-state index contributed by atoms with van der Waals surface area (Å²) in [5, 5.41) is 0. The molecule has 1 unspecified atom stereocenters. The lowest BCUT2D eigenvalue weighted by molar-refractivity contribution is 0.590. The minimum absolute atomic E-state index is 0.0285. The number of benzene rings is 6. The fraction of sp³-hybridized carbons (Fsp3) is 0.163. The van der Waals surface area contributed by atoms with Crippen LogP contribution in [0.15, 0.2) is 137 Å². The van der Waals surface area contributed by atoms with Crippen LogP contribution < -0.4 is 0 Å². The molecule has 2 heteroatoms. The maximum atomic E-state index is 13.9. The van der Waals surface area contributed by atoms with Crippen LogP contribution in [0.2, 0.25) is 0 Å². The molecule has 0 saturated heterocycles. The van der Waals surface area contributed by atoms with Crippen molar-refractivity contribution in [1.29, 1.82) is 0 Å². The molecule has 0 radical (unpaired) electrons. The Kier molecular flexibility index (Phi) is 6.21. The lowest BCUT2D eigenvalue weighted by Gasteiger charge is -2.22. The van der Waals surface area contributed by atoms with E-state index in [4.69, 9.17) is 0 Å². The van der Waals surface area contributed by atoms with Gasteiger partial charge in [-0.15, -0.1) is 0 Å². The predicted octanol–water partition coefficient (Wildman–Crippen LogP) is 11.4. The van der Waals surface area contributed by atoms with Crippen molar-refractivity contribution in [3.8, 4) is 55.6 Å². The largest absolute Gasteiger partial charge is 0.249 e. The molecule has 0 spiro atoms. The molecule has 0 N–H and O–H groups in total. The van der Waals surface area contributed by atoms with Gasteiger partial charge in [0, 0.05) is 11.0 Å². The van der Waals surface area contributed by atoms with Crippen LogP contribution in [-0.4, -0.2) is 4.21 Å². The topological polar surface area (TPSA) is 17.1 Å². The van der Waals surface area contributed by atoms with Crippen molar-refractivity contribution in [2.24, 2.45) is 0 Å². The van der Waals surface area contributed by atoms with Crippen molar-refractivity contribution in [1.82, 2.24) is 0 Å². The molecular formula is C43H36OS. The second-order valence-electron chi connectivity index (χ2n) is 14.0. The zero-order chi connectivity index (χ0) is 31.1. The minimum Gasteiger partial charge on any atom is -0.249 e. The van der Waals surface area contributed by atoms with Crippen LogP contribution in [0.5, 0.6) is 0 Å². The molecular weight excluding hydrogens is 565 g/mol. The average Bonchev–Trinajstić information content (AvgIpc) is 3.47. The summed E-state index contributed by atoms with van der Waals surface area (Å²) in [6.45, 7) is 11.3. The van der Waals surface area contributed by atoms with Crippen LogP contribution in [0.3, 0.4) is 0 Å². The second kappa shape index (κ2) is 9.99. The lowest BCUT2D eigenvalue weighted by Crippen LogP contribution is -2.14. The van der Waals surface area contributed by atoms with E-state index in [-0.39, 0.29) is 10.8 Å². The third-order valence-corrected chi connectivity index (χ3v) is 11.4. The van der Waals surface area contributed by atoms with Crippen LogP contribution >= 0.6 is 0 Å². The van der Waals surface area contributed by atoms with Gasteiger partial charge < -0.3 is 0 Å².